The van der Waals surface area contributed by atoms with Crippen molar-refractivity contribution in [1.82, 2.24) is 9.55 Å². The normalized spacial score (nSPS) is 12.7. The van der Waals surface area contributed by atoms with Gasteiger partial charge in [-0.2, -0.15) is 0 Å². The summed E-state index contributed by atoms with van der Waals surface area (Å²) in [6, 6.07) is 14.1. The first-order valence-corrected chi connectivity index (χ1v) is 8.32. The quantitative estimate of drug-likeness (QED) is 0.751. The van der Waals surface area contributed by atoms with Gasteiger partial charge in [-0.15, -0.1) is 0 Å². The van der Waals surface area contributed by atoms with E-state index in [1.165, 1.54) is 11.1 Å². The molecule has 0 aliphatic heterocycles. The smallest absolute Gasteiger partial charge is 0.143 e. The van der Waals surface area contributed by atoms with Crippen molar-refractivity contribution < 1.29 is 5.11 Å². The van der Waals surface area contributed by atoms with Gasteiger partial charge < -0.3 is 9.67 Å². The number of unbranched alkanes of at least 4 members (excludes halogenated alkanes) is 1. The maximum absolute atomic E-state index is 10.8. The van der Waals surface area contributed by atoms with Crippen LogP contribution in [-0.2, 0) is 6.54 Å². The lowest BCUT2D eigenvalue weighted by Crippen LogP contribution is -2.10. The summed E-state index contributed by atoms with van der Waals surface area (Å²) in [6.07, 6.45) is 1.50. The van der Waals surface area contributed by atoms with Gasteiger partial charge >= 0.3 is 0 Å². The van der Waals surface area contributed by atoms with Gasteiger partial charge in [0.2, 0.25) is 0 Å². The zero-order valence-corrected chi connectivity index (χ0v) is 14.1. The molecule has 120 valence electrons. The molecule has 0 aliphatic carbocycles. The van der Waals surface area contributed by atoms with E-state index in [2.05, 4.69) is 37.5 Å². The van der Waals surface area contributed by atoms with Gasteiger partial charge in [-0.1, -0.05) is 43.7 Å². The monoisotopic (exact) mass is 308 g/mol. The van der Waals surface area contributed by atoms with Crippen LogP contribution >= 0.6 is 0 Å². The van der Waals surface area contributed by atoms with Crippen LogP contribution in [0.4, 0.5) is 0 Å². The first-order valence-electron chi connectivity index (χ1n) is 8.32. The Morgan fingerprint density at radius 2 is 1.78 bits per heavy atom. The summed E-state index contributed by atoms with van der Waals surface area (Å²) < 4.78 is 2.18. The highest BCUT2D eigenvalue weighted by Crippen LogP contribution is 2.27. The van der Waals surface area contributed by atoms with Gasteiger partial charge in [-0.3, -0.25) is 0 Å². The fourth-order valence-electron chi connectivity index (χ4n) is 2.94. The summed E-state index contributed by atoms with van der Waals surface area (Å²) in [7, 11) is 0. The number of nitrogens with zero attached hydrogens (tertiary/aromatic N) is 2. The SMILES string of the molecule is CCCCn1c(C(O)c2ccccc2)nc2cc(C)c(C)cc21. The van der Waals surface area contributed by atoms with Gasteiger partial charge in [0.15, 0.2) is 0 Å². The van der Waals surface area contributed by atoms with E-state index in [9.17, 15) is 5.11 Å². The van der Waals surface area contributed by atoms with E-state index in [4.69, 9.17) is 4.98 Å². The second kappa shape index (κ2) is 6.55. The molecule has 23 heavy (non-hydrogen) atoms. The number of aliphatic hydroxyl groups excluding tert-OH is 1. The van der Waals surface area contributed by atoms with Crippen LogP contribution in [0.2, 0.25) is 0 Å². The van der Waals surface area contributed by atoms with Crippen LogP contribution in [0.15, 0.2) is 42.5 Å². The van der Waals surface area contributed by atoms with E-state index < -0.39 is 6.10 Å². The Bertz CT molecular complexity index is 805. The lowest BCUT2D eigenvalue weighted by molar-refractivity contribution is 0.205. The molecule has 1 N–H and O–H groups in total. The molecule has 2 aromatic carbocycles. The molecule has 0 amide bonds. The van der Waals surface area contributed by atoms with E-state index in [1.54, 1.807) is 0 Å². The minimum atomic E-state index is -0.693. The highest BCUT2D eigenvalue weighted by Gasteiger charge is 2.20. The summed E-state index contributed by atoms with van der Waals surface area (Å²) in [4.78, 5) is 4.76. The number of fused-ring (bicyclic) bond motifs is 1. The predicted octanol–water partition coefficient (Wildman–Crippen LogP) is 4.53. The fraction of sp³-hybridized carbons (Fsp3) is 0.350. The molecule has 1 atom stereocenters. The standard InChI is InChI=1S/C20H24N2O/c1-4-5-11-22-18-13-15(3)14(2)12-17(18)21-20(22)19(23)16-9-7-6-8-10-16/h6-10,12-13,19,23H,4-5,11H2,1-3H3. The Kier molecular flexibility index (Phi) is 4.49. The molecule has 0 spiro atoms. The molecule has 3 aromatic rings. The topological polar surface area (TPSA) is 38.0 Å². The molecule has 3 heteroatoms. The number of aryl methyl sites for hydroxylation is 3. The second-order valence-corrected chi connectivity index (χ2v) is 6.21. The van der Waals surface area contributed by atoms with Gasteiger partial charge in [0.05, 0.1) is 11.0 Å². The maximum Gasteiger partial charge on any atom is 0.143 e. The number of imidazole rings is 1. The summed E-state index contributed by atoms with van der Waals surface area (Å²) in [6.45, 7) is 7.29. The molecule has 0 fully saturated rings. The molecule has 3 rings (SSSR count). The van der Waals surface area contributed by atoms with Crippen LogP contribution < -0.4 is 0 Å². The van der Waals surface area contributed by atoms with Crippen LogP contribution in [-0.4, -0.2) is 14.7 Å². The minimum Gasteiger partial charge on any atom is -0.380 e. The molecule has 1 heterocycles. The van der Waals surface area contributed by atoms with Gasteiger partial charge in [-0.05, 0) is 49.1 Å². The number of rotatable bonds is 5. The highest BCUT2D eigenvalue weighted by atomic mass is 16.3. The molecule has 0 saturated heterocycles. The Hall–Kier alpha value is -2.13. The zero-order chi connectivity index (χ0) is 16.4. The largest absolute Gasteiger partial charge is 0.380 e. The van der Waals surface area contributed by atoms with Crippen molar-refractivity contribution in [2.24, 2.45) is 0 Å². The summed E-state index contributed by atoms with van der Waals surface area (Å²) in [5.74, 6) is 0.740. The zero-order valence-electron chi connectivity index (χ0n) is 14.1. The van der Waals surface area contributed by atoms with Crippen molar-refractivity contribution in [2.75, 3.05) is 0 Å². The lowest BCUT2D eigenvalue weighted by Gasteiger charge is -2.14. The van der Waals surface area contributed by atoms with Crippen LogP contribution in [0.1, 0.15) is 48.4 Å². The number of aliphatic hydroxyl groups is 1. The van der Waals surface area contributed by atoms with Crippen LogP contribution in [0.25, 0.3) is 11.0 Å². The molecule has 1 aromatic heterocycles. The van der Waals surface area contributed by atoms with Crippen molar-refractivity contribution in [2.45, 2.75) is 46.3 Å². The van der Waals surface area contributed by atoms with Gasteiger partial charge in [0, 0.05) is 6.54 Å². The highest BCUT2D eigenvalue weighted by molar-refractivity contribution is 5.78. The third kappa shape index (κ3) is 3.02. The van der Waals surface area contributed by atoms with Gasteiger partial charge in [0.25, 0.3) is 0 Å². The van der Waals surface area contributed by atoms with Crippen LogP contribution in [0.3, 0.4) is 0 Å². The maximum atomic E-state index is 10.8. The van der Waals surface area contributed by atoms with Crippen LogP contribution in [0, 0.1) is 13.8 Å². The fourth-order valence-corrected chi connectivity index (χ4v) is 2.94. The molecular weight excluding hydrogens is 284 g/mol. The van der Waals surface area contributed by atoms with E-state index in [1.807, 2.05) is 30.3 Å². The van der Waals surface area contributed by atoms with E-state index in [0.29, 0.717) is 0 Å². The van der Waals surface area contributed by atoms with E-state index in [-0.39, 0.29) is 0 Å². The minimum absolute atomic E-state index is 0.693. The van der Waals surface area contributed by atoms with Crippen molar-refractivity contribution in [3.63, 3.8) is 0 Å². The molecular formula is C20H24N2O. The van der Waals surface area contributed by atoms with Crippen LogP contribution in [0.5, 0.6) is 0 Å². The molecule has 0 saturated carbocycles. The molecule has 1 unspecified atom stereocenters. The van der Waals surface area contributed by atoms with Crippen molar-refractivity contribution in [1.29, 1.82) is 0 Å². The number of aromatic nitrogens is 2. The predicted molar refractivity (Wildman–Crippen MR) is 94.6 cm³/mol. The average Bonchev–Trinajstić information content (AvgIpc) is 2.91. The molecule has 0 bridgehead atoms. The molecule has 0 radical (unpaired) electrons. The first kappa shape index (κ1) is 15.8. The number of hydrogen-bond acceptors (Lipinski definition) is 2. The molecule has 0 aliphatic rings. The Balaban J connectivity index is 2.14. The van der Waals surface area contributed by atoms with E-state index in [0.717, 1.165) is 41.8 Å². The number of hydrogen-bond donors (Lipinski definition) is 1. The molecule has 3 nitrogen and oxygen atoms in total. The third-order valence-corrected chi connectivity index (χ3v) is 4.49. The Morgan fingerprint density at radius 3 is 2.48 bits per heavy atom. The Morgan fingerprint density at radius 1 is 1.09 bits per heavy atom. The summed E-state index contributed by atoms with van der Waals surface area (Å²) >= 11 is 0. The van der Waals surface area contributed by atoms with Crippen molar-refractivity contribution in [3.05, 3.63) is 65.0 Å². The van der Waals surface area contributed by atoms with E-state index >= 15 is 0 Å². The lowest BCUT2D eigenvalue weighted by atomic mass is 10.1. The van der Waals surface area contributed by atoms with Crippen molar-refractivity contribution >= 4 is 11.0 Å². The van der Waals surface area contributed by atoms with Gasteiger partial charge in [-0.25, -0.2) is 4.98 Å². The third-order valence-electron chi connectivity index (χ3n) is 4.49. The first-order chi connectivity index (χ1) is 11.1. The Labute approximate surface area is 137 Å². The second-order valence-electron chi connectivity index (χ2n) is 6.21. The average molecular weight is 308 g/mol. The number of benzene rings is 2. The summed E-state index contributed by atoms with van der Waals surface area (Å²) in [5.41, 5.74) is 5.46. The van der Waals surface area contributed by atoms with Gasteiger partial charge in [0.1, 0.15) is 11.9 Å². The summed E-state index contributed by atoms with van der Waals surface area (Å²) in [5, 5.41) is 10.8. The van der Waals surface area contributed by atoms with Crippen molar-refractivity contribution in [3.8, 4) is 0 Å².